The van der Waals surface area contributed by atoms with Gasteiger partial charge in [-0.1, -0.05) is 29.8 Å². The molecule has 1 aromatic rings. The van der Waals surface area contributed by atoms with Gasteiger partial charge in [0, 0.05) is 16.5 Å². The normalized spacial score (nSPS) is 14.8. The van der Waals surface area contributed by atoms with Crippen LogP contribution in [0.15, 0.2) is 40.2 Å². The Morgan fingerprint density at radius 2 is 1.75 bits per heavy atom. The average molecular weight is 326 g/mol. The maximum Gasteiger partial charge on any atom is 0.254 e. The summed E-state index contributed by atoms with van der Waals surface area (Å²) in [6.07, 6.45) is 3.02. The van der Waals surface area contributed by atoms with Crippen LogP contribution >= 0.6 is 35.1 Å². The summed E-state index contributed by atoms with van der Waals surface area (Å²) in [6.45, 7) is 0. The Bertz CT molecular complexity index is 586. The van der Waals surface area contributed by atoms with Gasteiger partial charge < -0.3 is 5.73 Å². The Labute approximate surface area is 130 Å². The van der Waals surface area contributed by atoms with Gasteiger partial charge in [0.05, 0.1) is 4.24 Å². The summed E-state index contributed by atoms with van der Waals surface area (Å²) in [7, 11) is 0. The van der Waals surface area contributed by atoms with Crippen molar-refractivity contribution < 1.29 is 9.59 Å². The van der Waals surface area contributed by atoms with Crippen molar-refractivity contribution in [1.82, 2.24) is 0 Å². The van der Waals surface area contributed by atoms with Crippen molar-refractivity contribution in [2.75, 3.05) is 11.5 Å². The van der Waals surface area contributed by atoms with E-state index in [9.17, 15) is 9.59 Å². The molecule has 104 valence electrons. The summed E-state index contributed by atoms with van der Waals surface area (Å²) >= 11 is 8.79. The van der Waals surface area contributed by atoms with Gasteiger partial charge in [0.1, 0.15) is 5.57 Å². The van der Waals surface area contributed by atoms with Gasteiger partial charge in [0.15, 0.2) is 5.78 Å². The summed E-state index contributed by atoms with van der Waals surface area (Å²) in [4.78, 5) is 23.6. The average Bonchev–Trinajstić information content (AvgIpc) is 2.91. The van der Waals surface area contributed by atoms with Gasteiger partial charge in [-0.05, 0) is 23.8 Å². The van der Waals surface area contributed by atoms with Gasteiger partial charge in [-0.3, -0.25) is 9.59 Å². The van der Waals surface area contributed by atoms with Gasteiger partial charge in [0.2, 0.25) is 0 Å². The SMILES string of the molecule is NC(=O)C(C(=O)C=Cc1ccc(Cl)cc1)=C1SCCS1. The minimum absolute atomic E-state index is 0.0858. The molecule has 2 rings (SSSR count). The first-order chi connectivity index (χ1) is 9.58. The number of ketones is 1. The van der Waals surface area contributed by atoms with Crippen LogP contribution in [0.25, 0.3) is 6.08 Å². The lowest BCUT2D eigenvalue weighted by molar-refractivity contribution is -0.118. The van der Waals surface area contributed by atoms with Crippen LogP contribution in [-0.2, 0) is 9.59 Å². The van der Waals surface area contributed by atoms with Crippen LogP contribution in [-0.4, -0.2) is 23.2 Å². The van der Waals surface area contributed by atoms with Gasteiger partial charge in [-0.25, -0.2) is 0 Å². The largest absolute Gasteiger partial charge is 0.365 e. The standard InChI is InChI=1S/C14H12ClNO2S2/c15-10-4-1-9(2-5-10)3-6-11(17)12(13(16)18)14-19-7-8-20-14/h1-6H,7-8H2,(H2,16,18). The molecule has 0 radical (unpaired) electrons. The molecule has 0 aliphatic carbocycles. The second-order valence-electron chi connectivity index (χ2n) is 3.97. The zero-order valence-electron chi connectivity index (χ0n) is 10.5. The molecule has 0 bridgehead atoms. The summed E-state index contributed by atoms with van der Waals surface area (Å²) in [5.74, 6) is 0.757. The predicted octanol–water partition coefficient (Wildman–Crippen LogP) is 3.10. The molecule has 1 saturated heterocycles. The fraction of sp³-hybridized carbons (Fsp3) is 0.143. The smallest absolute Gasteiger partial charge is 0.254 e. The number of nitrogens with two attached hydrogens (primary N) is 1. The lowest BCUT2D eigenvalue weighted by atomic mass is 10.1. The highest BCUT2D eigenvalue weighted by molar-refractivity contribution is 8.25. The van der Waals surface area contributed by atoms with Crippen molar-refractivity contribution in [3.8, 4) is 0 Å². The number of primary amides is 1. The van der Waals surface area contributed by atoms with Crippen molar-refractivity contribution in [1.29, 1.82) is 0 Å². The van der Waals surface area contributed by atoms with Crippen molar-refractivity contribution >= 4 is 52.9 Å². The Hall–Kier alpha value is -1.17. The van der Waals surface area contributed by atoms with E-state index >= 15 is 0 Å². The molecular formula is C14H12ClNO2S2. The lowest BCUT2D eigenvalue weighted by Gasteiger charge is -2.02. The van der Waals surface area contributed by atoms with Crippen molar-refractivity contribution in [3.63, 3.8) is 0 Å². The Balaban J connectivity index is 2.19. The first-order valence-corrected chi connectivity index (χ1v) is 8.20. The molecule has 1 aliphatic rings. The molecule has 0 atom stereocenters. The highest BCUT2D eigenvalue weighted by Gasteiger charge is 2.22. The molecule has 0 aromatic heterocycles. The first kappa shape index (κ1) is 15.2. The summed E-state index contributed by atoms with van der Waals surface area (Å²) < 4.78 is 0.725. The van der Waals surface area contributed by atoms with Crippen LogP contribution in [0, 0.1) is 0 Å². The van der Waals surface area contributed by atoms with E-state index in [-0.39, 0.29) is 11.4 Å². The topological polar surface area (TPSA) is 60.2 Å². The number of thioether (sulfide) groups is 2. The highest BCUT2D eigenvalue weighted by atomic mass is 35.5. The van der Waals surface area contributed by atoms with E-state index in [1.54, 1.807) is 30.3 Å². The second kappa shape index (κ2) is 7.02. The number of hydrogen-bond acceptors (Lipinski definition) is 4. The molecular weight excluding hydrogens is 314 g/mol. The van der Waals surface area contributed by atoms with E-state index in [2.05, 4.69) is 0 Å². The number of allylic oxidation sites excluding steroid dienone is 1. The van der Waals surface area contributed by atoms with Gasteiger partial charge in [0.25, 0.3) is 5.91 Å². The Morgan fingerprint density at radius 1 is 1.15 bits per heavy atom. The molecule has 2 N–H and O–H groups in total. The number of hydrogen-bond donors (Lipinski definition) is 1. The van der Waals surface area contributed by atoms with Crippen LogP contribution in [0.3, 0.4) is 0 Å². The predicted molar refractivity (Wildman–Crippen MR) is 86.6 cm³/mol. The summed E-state index contributed by atoms with van der Waals surface area (Å²) in [6, 6.07) is 7.06. The number of carbonyl (C=O) groups is 2. The number of benzene rings is 1. The Kier molecular flexibility index (Phi) is 5.34. The van der Waals surface area contributed by atoms with Crippen LogP contribution < -0.4 is 5.73 Å². The first-order valence-electron chi connectivity index (χ1n) is 5.85. The van der Waals surface area contributed by atoms with E-state index in [1.807, 2.05) is 0 Å². The highest BCUT2D eigenvalue weighted by Crippen LogP contribution is 2.38. The molecule has 6 heteroatoms. The van der Waals surface area contributed by atoms with E-state index in [1.165, 1.54) is 29.6 Å². The van der Waals surface area contributed by atoms with Gasteiger partial charge in [-0.2, -0.15) is 0 Å². The fourth-order valence-corrected chi connectivity index (χ4v) is 4.29. The van der Waals surface area contributed by atoms with E-state index in [4.69, 9.17) is 17.3 Å². The molecule has 3 nitrogen and oxygen atoms in total. The molecule has 20 heavy (non-hydrogen) atoms. The molecule has 0 saturated carbocycles. The number of rotatable bonds is 4. The summed E-state index contributed by atoms with van der Waals surface area (Å²) in [5, 5.41) is 0.632. The van der Waals surface area contributed by atoms with E-state index in [0.29, 0.717) is 5.02 Å². The van der Waals surface area contributed by atoms with Crippen LogP contribution in [0.2, 0.25) is 5.02 Å². The molecule has 1 fully saturated rings. The van der Waals surface area contributed by atoms with Crippen molar-refractivity contribution in [2.45, 2.75) is 0 Å². The third kappa shape index (κ3) is 3.91. The minimum Gasteiger partial charge on any atom is -0.365 e. The molecule has 1 aliphatic heterocycles. The van der Waals surface area contributed by atoms with Crippen molar-refractivity contribution in [3.05, 3.63) is 50.7 Å². The van der Waals surface area contributed by atoms with E-state index < -0.39 is 5.91 Å². The molecule has 1 aromatic carbocycles. The molecule has 1 heterocycles. The Morgan fingerprint density at radius 3 is 2.30 bits per heavy atom. The fourth-order valence-electron chi connectivity index (χ4n) is 1.61. The van der Waals surface area contributed by atoms with Crippen LogP contribution in [0.1, 0.15) is 5.56 Å². The maximum absolute atomic E-state index is 12.1. The monoisotopic (exact) mass is 325 g/mol. The van der Waals surface area contributed by atoms with Crippen LogP contribution in [0.4, 0.5) is 0 Å². The van der Waals surface area contributed by atoms with Crippen molar-refractivity contribution in [2.24, 2.45) is 5.73 Å². The lowest BCUT2D eigenvalue weighted by Crippen LogP contribution is -2.20. The molecule has 0 spiro atoms. The second-order valence-corrected chi connectivity index (χ2v) is 6.88. The quantitative estimate of drug-likeness (QED) is 0.525. The number of halogens is 1. The summed E-state index contributed by atoms with van der Waals surface area (Å²) in [5.41, 5.74) is 6.23. The zero-order chi connectivity index (χ0) is 14.5. The van der Waals surface area contributed by atoms with E-state index in [0.717, 1.165) is 21.3 Å². The molecule has 0 unspecified atom stereocenters. The third-order valence-electron chi connectivity index (χ3n) is 2.54. The third-order valence-corrected chi connectivity index (χ3v) is 5.51. The minimum atomic E-state index is -0.673. The van der Waals surface area contributed by atoms with Gasteiger partial charge in [-0.15, -0.1) is 23.5 Å². The number of carbonyl (C=O) groups excluding carboxylic acids is 2. The van der Waals surface area contributed by atoms with Gasteiger partial charge >= 0.3 is 0 Å². The maximum atomic E-state index is 12.1. The molecule has 1 amide bonds. The number of amides is 1. The van der Waals surface area contributed by atoms with Crippen LogP contribution in [0.5, 0.6) is 0 Å². The zero-order valence-corrected chi connectivity index (χ0v) is 12.9.